The average Bonchev–Trinajstić information content (AvgIpc) is 3.29. The summed E-state index contributed by atoms with van der Waals surface area (Å²) in [5.74, 6) is 0.895. The fraction of sp³-hybridized carbons (Fsp3) is 0.294. The van der Waals surface area contributed by atoms with Gasteiger partial charge in [0.2, 0.25) is 5.95 Å². The molecule has 0 aromatic carbocycles. The molecule has 3 aromatic heterocycles. The van der Waals surface area contributed by atoms with Crippen molar-refractivity contribution in [1.82, 2.24) is 19.4 Å². The third-order valence-corrected chi connectivity index (χ3v) is 4.40. The van der Waals surface area contributed by atoms with E-state index in [1.165, 1.54) is 6.07 Å². The number of fused-ring (bicyclic) bond motifs is 1. The van der Waals surface area contributed by atoms with Gasteiger partial charge in [-0.2, -0.15) is 0 Å². The zero-order chi connectivity index (χ0) is 17.2. The van der Waals surface area contributed by atoms with Crippen molar-refractivity contribution in [2.45, 2.75) is 6.42 Å². The number of hydrogen-bond donors (Lipinski definition) is 2. The van der Waals surface area contributed by atoms with Crippen LogP contribution in [0.5, 0.6) is 0 Å². The summed E-state index contributed by atoms with van der Waals surface area (Å²) in [6.07, 6.45) is 6.24. The molecule has 4 heterocycles. The van der Waals surface area contributed by atoms with Crippen LogP contribution in [0.15, 0.2) is 42.9 Å². The summed E-state index contributed by atoms with van der Waals surface area (Å²) >= 11 is 0. The van der Waals surface area contributed by atoms with Crippen molar-refractivity contribution in [3.63, 3.8) is 0 Å². The third-order valence-electron chi connectivity index (χ3n) is 4.40. The molecule has 1 fully saturated rings. The average molecular weight is 338 g/mol. The Bertz CT molecular complexity index is 895. The van der Waals surface area contributed by atoms with Crippen LogP contribution in [0.3, 0.4) is 0 Å². The van der Waals surface area contributed by atoms with Gasteiger partial charge in [-0.25, -0.2) is 19.7 Å². The molecule has 0 bridgehead atoms. The molecular weight excluding hydrogens is 320 g/mol. The number of nitrogens with one attached hydrogen (secondary N) is 1. The Hall–Kier alpha value is -3.16. The molecule has 4 rings (SSSR count). The van der Waals surface area contributed by atoms with Gasteiger partial charge in [-0.3, -0.25) is 4.40 Å². The maximum absolute atomic E-state index is 11.3. The smallest absolute Gasteiger partial charge is 0.354 e. The van der Waals surface area contributed by atoms with E-state index in [0.717, 1.165) is 31.9 Å². The summed E-state index contributed by atoms with van der Waals surface area (Å²) in [6, 6.07) is 7.27. The van der Waals surface area contributed by atoms with Gasteiger partial charge in [-0.1, -0.05) is 6.07 Å². The molecule has 1 aliphatic heterocycles. The summed E-state index contributed by atoms with van der Waals surface area (Å²) in [6.45, 7) is 2.46. The summed E-state index contributed by atoms with van der Waals surface area (Å²) in [4.78, 5) is 26.2. The highest BCUT2D eigenvalue weighted by atomic mass is 16.4. The molecule has 1 unspecified atom stereocenters. The topological polar surface area (TPSA) is 95.6 Å². The second kappa shape index (κ2) is 6.39. The van der Waals surface area contributed by atoms with Crippen LogP contribution in [0.1, 0.15) is 16.9 Å². The van der Waals surface area contributed by atoms with Crippen LogP contribution in [0.4, 0.5) is 11.8 Å². The van der Waals surface area contributed by atoms with Gasteiger partial charge in [0.25, 0.3) is 0 Å². The molecule has 8 heteroatoms. The molecule has 1 saturated heterocycles. The Morgan fingerprint density at radius 3 is 3.04 bits per heavy atom. The number of carboxylic acids is 1. The predicted octanol–water partition coefficient (Wildman–Crippen LogP) is 1.76. The number of hydrogen-bond acceptors (Lipinski definition) is 6. The molecule has 25 heavy (non-hydrogen) atoms. The molecule has 0 amide bonds. The zero-order valence-corrected chi connectivity index (χ0v) is 13.5. The van der Waals surface area contributed by atoms with Crippen LogP contribution in [0, 0.1) is 5.92 Å². The van der Waals surface area contributed by atoms with Crippen molar-refractivity contribution < 1.29 is 9.90 Å². The van der Waals surface area contributed by atoms with E-state index in [4.69, 9.17) is 0 Å². The molecule has 2 N–H and O–H groups in total. The molecule has 1 aliphatic rings. The first-order valence-corrected chi connectivity index (χ1v) is 8.18. The first-order chi connectivity index (χ1) is 12.2. The predicted molar refractivity (Wildman–Crippen MR) is 93.0 cm³/mol. The highest BCUT2D eigenvalue weighted by Crippen LogP contribution is 2.24. The molecule has 128 valence electrons. The van der Waals surface area contributed by atoms with Gasteiger partial charge in [0.1, 0.15) is 11.5 Å². The second-order valence-corrected chi connectivity index (χ2v) is 6.10. The van der Waals surface area contributed by atoms with Gasteiger partial charge in [0.05, 0.1) is 0 Å². The summed E-state index contributed by atoms with van der Waals surface area (Å²) in [7, 11) is 0. The molecule has 0 saturated carbocycles. The molecule has 3 aromatic rings. The van der Waals surface area contributed by atoms with Crippen LogP contribution in [0.2, 0.25) is 0 Å². The van der Waals surface area contributed by atoms with Crippen molar-refractivity contribution in [3.8, 4) is 0 Å². The number of carbonyl (C=O) groups is 1. The number of anilines is 2. The number of nitrogens with zero attached hydrogens (tertiary/aromatic N) is 5. The number of aromatic nitrogens is 4. The van der Waals surface area contributed by atoms with E-state index in [1.54, 1.807) is 12.4 Å². The van der Waals surface area contributed by atoms with Gasteiger partial charge in [-0.15, -0.1) is 0 Å². The van der Waals surface area contributed by atoms with Crippen molar-refractivity contribution in [1.29, 1.82) is 0 Å². The second-order valence-electron chi connectivity index (χ2n) is 6.10. The van der Waals surface area contributed by atoms with Crippen LogP contribution >= 0.6 is 0 Å². The van der Waals surface area contributed by atoms with E-state index < -0.39 is 5.97 Å². The van der Waals surface area contributed by atoms with Gasteiger partial charge in [0.15, 0.2) is 5.69 Å². The van der Waals surface area contributed by atoms with Crippen molar-refractivity contribution in [2.24, 2.45) is 5.92 Å². The molecule has 0 radical (unpaired) electrons. The van der Waals surface area contributed by atoms with Crippen molar-refractivity contribution in [3.05, 3.63) is 48.5 Å². The van der Waals surface area contributed by atoms with Crippen LogP contribution < -0.4 is 10.2 Å². The lowest BCUT2D eigenvalue weighted by Gasteiger charge is -2.19. The molecule has 0 aliphatic carbocycles. The minimum atomic E-state index is -1.04. The standard InChI is InChI=1S/C17H18N6O2/c24-16(25)13-9-15-19-6-8-23(15)17(21-13)22-7-4-12(11-22)10-20-14-3-1-2-5-18-14/h1-3,5-6,8-9,12H,4,7,10-11H2,(H,18,20)(H,24,25). The number of pyridine rings is 1. The monoisotopic (exact) mass is 338 g/mol. The SMILES string of the molecule is O=C(O)c1cc2nccn2c(N2CCC(CNc3ccccn3)C2)n1. The van der Waals surface area contributed by atoms with Gasteiger partial charge >= 0.3 is 5.97 Å². The van der Waals surface area contributed by atoms with E-state index in [2.05, 4.69) is 25.2 Å². The fourth-order valence-corrected chi connectivity index (χ4v) is 3.14. The molecular formula is C17H18N6O2. The first kappa shape index (κ1) is 15.4. The van der Waals surface area contributed by atoms with E-state index in [9.17, 15) is 9.90 Å². The Morgan fingerprint density at radius 1 is 1.32 bits per heavy atom. The van der Waals surface area contributed by atoms with Gasteiger partial charge < -0.3 is 15.3 Å². The molecule has 1 atom stereocenters. The molecule has 0 spiro atoms. The maximum atomic E-state index is 11.3. The van der Waals surface area contributed by atoms with E-state index in [1.807, 2.05) is 28.8 Å². The number of aromatic carboxylic acids is 1. The van der Waals surface area contributed by atoms with E-state index in [-0.39, 0.29) is 5.69 Å². The Morgan fingerprint density at radius 2 is 2.24 bits per heavy atom. The normalized spacial score (nSPS) is 17.1. The Balaban J connectivity index is 1.50. The Labute approximate surface area is 144 Å². The number of imidazole rings is 1. The zero-order valence-electron chi connectivity index (χ0n) is 13.5. The lowest BCUT2D eigenvalue weighted by molar-refractivity contribution is 0.0690. The van der Waals surface area contributed by atoms with E-state index >= 15 is 0 Å². The highest BCUT2D eigenvalue weighted by molar-refractivity contribution is 5.87. The van der Waals surface area contributed by atoms with E-state index in [0.29, 0.717) is 17.5 Å². The van der Waals surface area contributed by atoms with Crippen molar-refractivity contribution >= 4 is 23.4 Å². The highest BCUT2D eigenvalue weighted by Gasteiger charge is 2.26. The lowest BCUT2D eigenvalue weighted by Crippen LogP contribution is -2.26. The Kier molecular flexibility index (Phi) is 3.93. The minimum absolute atomic E-state index is 0.0174. The van der Waals surface area contributed by atoms with Crippen molar-refractivity contribution in [2.75, 3.05) is 29.9 Å². The summed E-state index contributed by atoms with van der Waals surface area (Å²) < 4.78 is 1.83. The fourth-order valence-electron chi connectivity index (χ4n) is 3.14. The van der Waals surface area contributed by atoms with Crippen LogP contribution in [-0.2, 0) is 0 Å². The van der Waals surface area contributed by atoms with Gasteiger partial charge in [0, 0.05) is 44.3 Å². The third kappa shape index (κ3) is 3.10. The van der Waals surface area contributed by atoms with Crippen LogP contribution in [-0.4, -0.2) is 50.1 Å². The summed E-state index contributed by atoms with van der Waals surface area (Å²) in [5, 5.41) is 12.6. The lowest BCUT2D eigenvalue weighted by atomic mass is 10.1. The number of carboxylic acid groups (broad SMARTS) is 1. The summed E-state index contributed by atoms with van der Waals surface area (Å²) in [5.41, 5.74) is 0.612. The quantitative estimate of drug-likeness (QED) is 0.732. The number of rotatable bonds is 5. The minimum Gasteiger partial charge on any atom is -0.477 e. The maximum Gasteiger partial charge on any atom is 0.354 e. The van der Waals surface area contributed by atoms with Crippen LogP contribution in [0.25, 0.3) is 5.65 Å². The molecule has 8 nitrogen and oxygen atoms in total. The largest absolute Gasteiger partial charge is 0.477 e. The van der Waals surface area contributed by atoms with Gasteiger partial charge in [-0.05, 0) is 24.5 Å². The first-order valence-electron chi connectivity index (χ1n) is 8.18.